The van der Waals surface area contributed by atoms with Crippen molar-refractivity contribution in [3.63, 3.8) is 0 Å². The first-order valence-electron chi connectivity index (χ1n) is 9.94. The first kappa shape index (κ1) is 21.2. The van der Waals surface area contributed by atoms with Crippen LogP contribution in [0, 0.1) is 20.8 Å². The zero-order chi connectivity index (χ0) is 22.1. The highest BCUT2D eigenvalue weighted by atomic mass is 32.1. The summed E-state index contributed by atoms with van der Waals surface area (Å²) < 4.78 is 6.28. The van der Waals surface area contributed by atoms with Gasteiger partial charge in [0.2, 0.25) is 0 Å². The number of carbonyl (C=O) groups is 2. The fraction of sp³-hybridized carbons (Fsp3) is 0.208. The van der Waals surface area contributed by atoms with Gasteiger partial charge in [0.1, 0.15) is 14.9 Å². The highest BCUT2D eigenvalue weighted by Crippen LogP contribution is 2.43. The highest BCUT2D eigenvalue weighted by molar-refractivity contribution is 7.23. The van der Waals surface area contributed by atoms with E-state index in [0.29, 0.717) is 15.4 Å². The van der Waals surface area contributed by atoms with E-state index in [4.69, 9.17) is 9.72 Å². The maximum atomic E-state index is 13.1. The van der Waals surface area contributed by atoms with Crippen LogP contribution < -0.4 is 5.32 Å². The third kappa shape index (κ3) is 4.11. The SMILES string of the molecule is CCOC(=O)c1sc(NC(=O)c2ccc(C)cc2C)c(-c2nc3ccccc3s2)c1C. The zero-order valence-corrected chi connectivity index (χ0v) is 19.4. The van der Waals surface area contributed by atoms with E-state index in [9.17, 15) is 9.59 Å². The summed E-state index contributed by atoms with van der Waals surface area (Å²) in [7, 11) is 0. The Labute approximate surface area is 188 Å². The third-order valence-electron chi connectivity index (χ3n) is 4.97. The minimum Gasteiger partial charge on any atom is -0.462 e. The largest absolute Gasteiger partial charge is 0.462 e. The van der Waals surface area contributed by atoms with Gasteiger partial charge in [0.15, 0.2) is 0 Å². The number of hydrogen-bond donors (Lipinski definition) is 1. The van der Waals surface area contributed by atoms with Crippen LogP contribution in [0.4, 0.5) is 5.00 Å². The van der Waals surface area contributed by atoms with Crippen LogP contribution in [0.25, 0.3) is 20.8 Å². The number of aromatic nitrogens is 1. The van der Waals surface area contributed by atoms with Gasteiger partial charge in [-0.05, 0) is 57.0 Å². The average Bonchev–Trinajstić information content (AvgIpc) is 3.28. The Morgan fingerprint density at radius 3 is 2.55 bits per heavy atom. The Morgan fingerprint density at radius 2 is 1.84 bits per heavy atom. The van der Waals surface area contributed by atoms with Crippen LogP contribution >= 0.6 is 22.7 Å². The van der Waals surface area contributed by atoms with Crippen LogP contribution in [0.3, 0.4) is 0 Å². The van der Waals surface area contributed by atoms with E-state index in [1.807, 2.05) is 63.2 Å². The Balaban J connectivity index is 1.81. The van der Waals surface area contributed by atoms with Crippen molar-refractivity contribution < 1.29 is 14.3 Å². The number of aryl methyl sites for hydroxylation is 2. The van der Waals surface area contributed by atoms with Crippen LogP contribution in [0.5, 0.6) is 0 Å². The molecule has 0 aliphatic rings. The van der Waals surface area contributed by atoms with Crippen molar-refractivity contribution in [3.05, 3.63) is 69.6 Å². The van der Waals surface area contributed by atoms with Gasteiger partial charge in [0.05, 0.1) is 16.8 Å². The normalized spacial score (nSPS) is 11.0. The lowest BCUT2D eigenvalue weighted by atomic mass is 10.1. The molecular weight excluding hydrogens is 428 g/mol. The monoisotopic (exact) mass is 450 g/mol. The molecule has 2 aromatic heterocycles. The molecular formula is C24H22N2O3S2. The number of esters is 1. The van der Waals surface area contributed by atoms with Gasteiger partial charge in [-0.3, -0.25) is 4.79 Å². The van der Waals surface area contributed by atoms with Crippen LogP contribution in [-0.4, -0.2) is 23.5 Å². The summed E-state index contributed by atoms with van der Waals surface area (Å²) >= 11 is 2.77. The number of fused-ring (bicyclic) bond motifs is 1. The summed E-state index contributed by atoms with van der Waals surface area (Å²) in [5.74, 6) is -0.601. The number of carbonyl (C=O) groups excluding carboxylic acids is 2. The summed E-state index contributed by atoms with van der Waals surface area (Å²) in [6.07, 6.45) is 0. The third-order valence-corrected chi connectivity index (χ3v) is 7.21. The van der Waals surface area contributed by atoms with Crippen molar-refractivity contribution in [1.82, 2.24) is 4.98 Å². The van der Waals surface area contributed by atoms with Crippen molar-refractivity contribution in [3.8, 4) is 10.6 Å². The van der Waals surface area contributed by atoms with E-state index in [1.54, 1.807) is 6.92 Å². The lowest BCUT2D eigenvalue weighted by Gasteiger charge is -2.08. The van der Waals surface area contributed by atoms with Crippen LogP contribution in [0.15, 0.2) is 42.5 Å². The maximum Gasteiger partial charge on any atom is 0.348 e. The molecule has 1 amide bonds. The molecule has 5 nitrogen and oxygen atoms in total. The summed E-state index contributed by atoms with van der Waals surface area (Å²) in [5, 5.41) is 4.39. The molecule has 4 aromatic rings. The lowest BCUT2D eigenvalue weighted by Crippen LogP contribution is -2.13. The van der Waals surface area contributed by atoms with Gasteiger partial charge in [0, 0.05) is 11.1 Å². The number of rotatable bonds is 5. The first-order chi connectivity index (χ1) is 14.9. The Bertz CT molecular complexity index is 1270. The predicted molar refractivity (Wildman–Crippen MR) is 127 cm³/mol. The molecule has 0 unspecified atom stereocenters. The fourth-order valence-corrected chi connectivity index (χ4v) is 5.70. The molecule has 0 aliphatic carbocycles. The van der Waals surface area contributed by atoms with Gasteiger partial charge in [-0.15, -0.1) is 22.7 Å². The van der Waals surface area contributed by atoms with Gasteiger partial charge in [-0.25, -0.2) is 9.78 Å². The molecule has 0 saturated heterocycles. The van der Waals surface area contributed by atoms with Gasteiger partial charge in [0.25, 0.3) is 5.91 Å². The molecule has 7 heteroatoms. The van der Waals surface area contributed by atoms with Crippen molar-refractivity contribution in [2.45, 2.75) is 27.7 Å². The number of nitrogens with zero attached hydrogens (tertiary/aromatic N) is 1. The molecule has 0 saturated carbocycles. The second kappa shape index (κ2) is 8.61. The standard InChI is InChI=1S/C24H22N2O3S2/c1-5-29-24(28)20-15(4)19(22-25-17-8-6-7-9-18(17)30-22)23(31-20)26-21(27)16-11-10-13(2)12-14(16)3/h6-12H,5H2,1-4H3,(H,26,27). The number of anilines is 1. The Hall–Kier alpha value is -3.03. The maximum absolute atomic E-state index is 13.1. The first-order valence-corrected chi connectivity index (χ1v) is 11.6. The van der Waals surface area contributed by atoms with E-state index >= 15 is 0 Å². The summed E-state index contributed by atoms with van der Waals surface area (Å²) in [6, 6.07) is 13.6. The molecule has 0 spiro atoms. The lowest BCUT2D eigenvalue weighted by molar-refractivity contribution is 0.0531. The molecule has 0 fully saturated rings. The Morgan fingerprint density at radius 1 is 1.06 bits per heavy atom. The fourth-order valence-electron chi connectivity index (χ4n) is 3.47. The molecule has 2 heterocycles. The molecule has 31 heavy (non-hydrogen) atoms. The molecule has 2 aromatic carbocycles. The number of thiophene rings is 1. The number of ether oxygens (including phenoxy) is 1. The van der Waals surface area contributed by atoms with E-state index in [-0.39, 0.29) is 18.5 Å². The topological polar surface area (TPSA) is 68.3 Å². The van der Waals surface area contributed by atoms with Crippen LogP contribution in [0.1, 0.15) is 43.6 Å². The van der Waals surface area contributed by atoms with Crippen molar-refractivity contribution in [2.24, 2.45) is 0 Å². The molecule has 0 bridgehead atoms. The Kier molecular flexibility index (Phi) is 5.89. The molecule has 1 N–H and O–H groups in total. The summed E-state index contributed by atoms with van der Waals surface area (Å²) in [6.45, 7) is 7.85. The number of para-hydroxylation sites is 1. The van der Waals surface area contributed by atoms with E-state index in [0.717, 1.165) is 37.5 Å². The average molecular weight is 451 g/mol. The van der Waals surface area contributed by atoms with Crippen molar-refractivity contribution in [2.75, 3.05) is 11.9 Å². The molecule has 158 valence electrons. The van der Waals surface area contributed by atoms with E-state index in [2.05, 4.69) is 5.32 Å². The second-order valence-corrected chi connectivity index (χ2v) is 9.29. The van der Waals surface area contributed by atoms with Crippen LogP contribution in [0.2, 0.25) is 0 Å². The summed E-state index contributed by atoms with van der Waals surface area (Å²) in [4.78, 5) is 30.9. The minimum absolute atomic E-state index is 0.212. The molecule has 0 atom stereocenters. The van der Waals surface area contributed by atoms with Gasteiger partial charge >= 0.3 is 5.97 Å². The number of nitrogens with one attached hydrogen (secondary N) is 1. The van der Waals surface area contributed by atoms with E-state index < -0.39 is 0 Å². The number of hydrogen-bond acceptors (Lipinski definition) is 6. The quantitative estimate of drug-likeness (QED) is 0.358. The van der Waals surface area contributed by atoms with Crippen molar-refractivity contribution >= 4 is 49.8 Å². The zero-order valence-electron chi connectivity index (χ0n) is 17.7. The summed E-state index contributed by atoms with van der Waals surface area (Å²) in [5.41, 5.74) is 5.02. The highest BCUT2D eigenvalue weighted by Gasteiger charge is 2.25. The smallest absolute Gasteiger partial charge is 0.348 e. The number of benzene rings is 2. The van der Waals surface area contributed by atoms with E-state index in [1.165, 1.54) is 22.7 Å². The van der Waals surface area contributed by atoms with Crippen LogP contribution in [-0.2, 0) is 4.74 Å². The van der Waals surface area contributed by atoms with Crippen molar-refractivity contribution in [1.29, 1.82) is 0 Å². The number of thiazole rings is 1. The molecule has 0 aliphatic heterocycles. The minimum atomic E-state index is -0.389. The van der Waals surface area contributed by atoms with Gasteiger partial charge in [-0.1, -0.05) is 29.8 Å². The predicted octanol–water partition coefficient (Wildman–Crippen LogP) is 6.38. The second-order valence-electron chi connectivity index (χ2n) is 7.24. The molecule has 4 rings (SSSR count). The molecule has 0 radical (unpaired) electrons. The van der Waals surface area contributed by atoms with Gasteiger partial charge < -0.3 is 10.1 Å². The number of amides is 1. The van der Waals surface area contributed by atoms with Gasteiger partial charge in [-0.2, -0.15) is 0 Å².